The fourth-order valence-electron chi connectivity index (χ4n) is 7.71. The van der Waals surface area contributed by atoms with Gasteiger partial charge in [-0.2, -0.15) is 0 Å². The average molecular weight is 748 g/mol. The lowest BCUT2D eigenvalue weighted by Gasteiger charge is -2.44. The molecule has 1 aromatic heterocycles. The van der Waals surface area contributed by atoms with Gasteiger partial charge in [0.05, 0.1) is 36.5 Å². The highest BCUT2D eigenvalue weighted by atomic mass is 16.7. The first kappa shape index (κ1) is 38.0. The number of piperidine rings is 1. The lowest BCUT2D eigenvalue weighted by atomic mass is 9.89. The molecule has 12 nitrogen and oxygen atoms in total. The number of aliphatic hydroxyl groups excluding tert-OH is 1. The van der Waals surface area contributed by atoms with Crippen molar-refractivity contribution in [3.05, 3.63) is 130 Å². The summed E-state index contributed by atoms with van der Waals surface area (Å²) in [7, 11) is 0. The summed E-state index contributed by atoms with van der Waals surface area (Å²) in [4.78, 5) is 42.2. The number of hydrogen-bond acceptors (Lipinski definition) is 8. The van der Waals surface area contributed by atoms with Crippen LogP contribution < -0.4 is 16.3 Å². The van der Waals surface area contributed by atoms with Gasteiger partial charge in [0.1, 0.15) is 6.54 Å². The van der Waals surface area contributed by atoms with Crippen molar-refractivity contribution in [1.29, 1.82) is 0 Å². The van der Waals surface area contributed by atoms with E-state index >= 15 is 0 Å². The lowest BCUT2D eigenvalue weighted by Crippen LogP contribution is -2.47. The molecular formula is C43H49N5O7. The molecule has 55 heavy (non-hydrogen) atoms. The third kappa shape index (κ3) is 9.00. The Morgan fingerprint density at radius 2 is 1.62 bits per heavy atom. The van der Waals surface area contributed by atoms with E-state index in [2.05, 4.69) is 33.5 Å². The van der Waals surface area contributed by atoms with Crippen LogP contribution in [-0.2, 0) is 32.2 Å². The third-order valence-electron chi connectivity index (χ3n) is 10.7. The summed E-state index contributed by atoms with van der Waals surface area (Å²) >= 11 is 0. The maximum Gasteiger partial charge on any atom is 0.326 e. The molecule has 0 spiro atoms. The zero-order chi connectivity index (χ0) is 38.3. The van der Waals surface area contributed by atoms with Crippen molar-refractivity contribution in [2.45, 2.75) is 64.4 Å². The lowest BCUT2D eigenvalue weighted by molar-refractivity contribution is -0.276. The first-order chi connectivity index (χ1) is 26.8. The van der Waals surface area contributed by atoms with Gasteiger partial charge in [0.25, 0.3) is 0 Å². The minimum atomic E-state index is -0.626. The summed E-state index contributed by atoms with van der Waals surface area (Å²) in [5, 5.41) is 15.0. The van der Waals surface area contributed by atoms with Crippen molar-refractivity contribution in [2.75, 3.05) is 32.8 Å². The van der Waals surface area contributed by atoms with Gasteiger partial charge in [0.2, 0.25) is 0 Å². The molecule has 0 bridgehead atoms. The number of aromatic amines is 1. The monoisotopic (exact) mass is 747 g/mol. The minimum Gasteiger partial charge on any atom is -0.465 e. The molecule has 7 rings (SSSR count). The number of amides is 2. The number of nitrogens with one attached hydrogen (secondary N) is 3. The van der Waals surface area contributed by atoms with Crippen LogP contribution in [0, 0.1) is 5.92 Å². The molecule has 0 radical (unpaired) electrons. The molecule has 0 aliphatic carbocycles. The van der Waals surface area contributed by atoms with Gasteiger partial charge < -0.3 is 39.8 Å². The molecule has 0 unspecified atom stereocenters. The fourth-order valence-corrected chi connectivity index (χ4v) is 7.71. The maximum atomic E-state index is 12.9. The van der Waals surface area contributed by atoms with Crippen molar-refractivity contribution in [1.82, 2.24) is 25.1 Å². The molecule has 0 saturated carbocycles. The van der Waals surface area contributed by atoms with Gasteiger partial charge in [-0.05, 0) is 71.8 Å². The van der Waals surface area contributed by atoms with Crippen LogP contribution in [0.4, 0.5) is 4.79 Å². The Labute approximate surface area is 320 Å². The number of urea groups is 1. The van der Waals surface area contributed by atoms with E-state index in [1.807, 2.05) is 95.6 Å². The number of carbonyl (C=O) groups excluding carboxylic acids is 2. The normalized spacial score (nSPS) is 20.6. The Bertz CT molecular complexity index is 2140. The molecule has 3 heterocycles. The minimum absolute atomic E-state index is 0.0247. The molecule has 5 aromatic rings. The Hall–Kier alpha value is -5.27. The predicted molar refractivity (Wildman–Crippen MR) is 209 cm³/mol. The van der Waals surface area contributed by atoms with Crippen LogP contribution in [0.15, 0.2) is 102 Å². The number of imidazole rings is 1. The summed E-state index contributed by atoms with van der Waals surface area (Å²) in [6, 6.07) is 31.6. The number of rotatable bonds is 12. The summed E-state index contributed by atoms with van der Waals surface area (Å²) < 4.78 is 20.4. The van der Waals surface area contributed by atoms with Crippen LogP contribution in [0.25, 0.3) is 22.2 Å². The molecule has 2 aliphatic heterocycles. The number of aliphatic hydroxyl groups is 1. The van der Waals surface area contributed by atoms with Crippen molar-refractivity contribution in [2.24, 2.45) is 5.92 Å². The number of benzene rings is 4. The van der Waals surface area contributed by atoms with E-state index in [0.717, 1.165) is 76.9 Å². The number of ether oxygens (including phenoxy) is 3. The van der Waals surface area contributed by atoms with Gasteiger partial charge in [-0.1, -0.05) is 79.7 Å². The van der Waals surface area contributed by atoms with E-state index < -0.39 is 18.3 Å². The molecule has 2 amide bonds. The van der Waals surface area contributed by atoms with Crippen LogP contribution in [-0.4, -0.2) is 70.4 Å². The van der Waals surface area contributed by atoms with Gasteiger partial charge in [-0.15, -0.1) is 0 Å². The third-order valence-corrected chi connectivity index (χ3v) is 10.7. The highest BCUT2D eigenvalue weighted by Gasteiger charge is 2.40. The molecule has 288 valence electrons. The zero-order valence-electron chi connectivity index (χ0n) is 31.3. The Balaban J connectivity index is 1.06. The second-order valence-electron chi connectivity index (χ2n) is 14.3. The first-order valence-electron chi connectivity index (χ1n) is 19.1. The zero-order valence-corrected chi connectivity index (χ0v) is 31.3. The molecule has 4 atom stereocenters. The molecule has 4 aromatic carbocycles. The van der Waals surface area contributed by atoms with E-state index in [9.17, 15) is 19.5 Å². The summed E-state index contributed by atoms with van der Waals surface area (Å²) in [5.74, 6) is -0.453. The number of para-hydroxylation sites is 2. The smallest absolute Gasteiger partial charge is 0.326 e. The number of aromatic nitrogens is 2. The van der Waals surface area contributed by atoms with Crippen LogP contribution in [0.5, 0.6) is 0 Å². The molecule has 2 saturated heterocycles. The van der Waals surface area contributed by atoms with Crippen molar-refractivity contribution in [3.63, 3.8) is 0 Å². The maximum absolute atomic E-state index is 12.9. The van der Waals surface area contributed by atoms with Gasteiger partial charge in [-0.3, -0.25) is 9.36 Å². The van der Waals surface area contributed by atoms with E-state index in [-0.39, 0.29) is 56.2 Å². The highest BCUT2D eigenvalue weighted by molar-refractivity contribution is 5.80. The van der Waals surface area contributed by atoms with E-state index in [4.69, 9.17) is 14.2 Å². The molecule has 2 fully saturated rings. The largest absolute Gasteiger partial charge is 0.465 e. The summed E-state index contributed by atoms with van der Waals surface area (Å²) in [6.45, 7) is 6.63. The molecule has 2 aliphatic rings. The fraction of sp³-hybridized carbons (Fsp3) is 0.372. The van der Waals surface area contributed by atoms with Crippen LogP contribution in [0.3, 0.4) is 0 Å². The second-order valence-corrected chi connectivity index (χ2v) is 14.3. The van der Waals surface area contributed by atoms with Gasteiger partial charge in [0, 0.05) is 43.7 Å². The number of likely N-dealkylation sites (tertiary alicyclic amines) is 1. The Morgan fingerprint density at radius 1 is 0.873 bits per heavy atom. The predicted octanol–water partition coefficient (Wildman–Crippen LogP) is 5.98. The summed E-state index contributed by atoms with van der Waals surface area (Å²) in [6.07, 6.45) is 0.723. The summed E-state index contributed by atoms with van der Waals surface area (Å²) in [5.41, 5.74) is 7.38. The second kappa shape index (κ2) is 17.5. The average Bonchev–Trinajstić information content (AvgIpc) is 3.56. The number of nitrogens with zero attached hydrogens (tertiary/aromatic N) is 2. The van der Waals surface area contributed by atoms with Crippen LogP contribution in [0.1, 0.15) is 67.4 Å². The highest BCUT2D eigenvalue weighted by Crippen LogP contribution is 2.43. The Morgan fingerprint density at radius 3 is 2.38 bits per heavy atom. The van der Waals surface area contributed by atoms with Gasteiger partial charge in [0.15, 0.2) is 6.29 Å². The SMILES string of the molecule is CCOC(=O)CNC(=O)NCc1cccc(-c2cccc([C@@H]3O[C@H](CN4CCC(n5c(=O)[nH]c6ccccc65)CC4)[C@H](C)[C@H](c4ccc(CO)cc4)O3)c2)c1. The van der Waals surface area contributed by atoms with Gasteiger partial charge in [-0.25, -0.2) is 9.59 Å². The Kier molecular flexibility index (Phi) is 12.1. The van der Waals surface area contributed by atoms with Gasteiger partial charge >= 0.3 is 17.7 Å². The first-order valence-corrected chi connectivity index (χ1v) is 19.1. The molecule has 12 heteroatoms. The van der Waals surface area contributed by atoms with Crippen LogP contribution in [0.2, 0.25) is 0 Å². The quantitative estimate of drug-likeness (QED) is 0.114. The number of H-pyrrole nitrogens is 1. The number of hydrogen-bond donors (Lipinski definition) is 4. The number of carbonyl (C=O) groups is 2. The van der Waals surface area contributed by atoms with Crippen molar-refractivity contribution >= 4 is 23.0 Å². The van der Waals surface area contributed by atoms with E-state index in [1.54, 1.807) is 6.92 Å². The van der Waals surface area contributed by atoms with Crippen molar-refractivity contribution in [3.8, 4) is 11.1 Å². The standard InChI is InChI=1S/C43H49N5O7/c1-3-53-39(50)25-45-42(51)44-24-30-8-6-9-32(22-30)33-10-7-11-34(23-33)41-54-38(28(2)40(55-41)31-16-14-29(27-49)15-17-31)26-47-20-18-35(19-21-47)48-37-13-5-4-12-36(37)46-43(48)52/h4-17,22-23,28,35,38,40-41,49H,3,18-21,24-27H2,1-2H3,(H,46,52)(H2,44,45,51)/t28-,38+,40+,41+/m0/s1. The number of esters is 1. The van der Waals surface area contributed by atoms with Crippen molar-refractivity contribution < 1.29 is 28.9 Å². The van der Waals surface area contributed by atoms with Crippen LogP contribution >= 0.6 is 0 Å². The number of fused-ring (bicyclic) bond motifs is 1. The van der Waals surface area contributed by atoms with E-state index in [0.29, 0.717) is 0 Å². The molecule has 4 N–H and O–H groups in total. The molecular weight excluding hydrogens is 699 g/mol. The topological polar surface area (TPSA) is 147 Å². The van der Waals surface area contributed by atoms with E-state index in [1.165, 1.54) is 0 Å².